The molecule has 2 fully saturated rings. The molecule has 0 aromatic rings. The molecular weight excluding hydrogens is 380 g/mol. The first-order chi connectivity index (χ1) is 13.5. The van der Waals surface area contributed by atoms with Crippen molar-refractivity contribution in [2.24, 2.45) is 17.8 Å². The maximum Gasteiger partial charge on any atom is 0.225 e. The van der Waals surface area contributed by atoms with E-state index in [1.165, 1.54) is 44.9 Å². The number of aliphatic hydroxyl groups is 3. The lowest BCUT2D eigenvalue weighted by Gasteiger charge is -2.19. The molecule has 2 aliphatic rings. The van der Waals surface area contributed by atoms with Crippen molar-refractivity contribution < 1.29 is 24.9 Å². The molecule has 0 amide bonds. The van der Waals surface area contributed by atoms with Crippen LogP contribution in [-0.2, 0) is 9.53 Å². The van der Waals surface area contributed by atoms with Crippen LogP contribution in [0.3, 0.4) is 0 Å². The number of carbonyl (C=O) groups excluding carboxylic acids is 1. The Morgan fingerprint density at radius 1 is 1.18 bits per heavy atom. The predicted octanol–water partition coefficient (Wildman–Crippen LogP) is 5.05. The fraction of sp³-hybridized carbons (Fsp3) is 0.864. The van der Waals surface area contributed by atoms with Crippen LogP contribution < -0.4 is 0 Å². The zero-order chi connectivity index (χ0) is 20.5. The number of ketones is 1. The molecule has 0 bridgehead atoms. The fourth-order valence-corrected chi connectivity index (χ4v) is 5.19. The lowest BCUT2D eigenvalue weighted by Crippen LogP contribution is -2.14. The Labute approximate surface area is 174 Å². The average molecular weight is 417 g/mol. The van der Waals surface area contributed by atoms with Crippen LogP contribution in [0.15, 0.2) is 11.5 Å². The van der Waals surface area contributed by atoms with Gasteiger partial charge in [0, 0.05) is 12.3 Å². The van der Waals surface area contributed by atoms with Gasteiger partial charge in [0.15, 0.2) is 5.76 Å². The van der Waals surface area contributed by atoms with E-state index in [-0.39, 0.29) is 18.3 Å². The average Bonchev–Trinajstić information content (AvgIpc) is 3.28. The van der Waals surface area contributed by atoms with Crippen LogP contribution in [0.25, 0.3) is 0 Å². The first kappa shape index (κ1) is 23.5. The molecule has 0 aromatic heterocycles. The second-order valence-corrected chi connectivity index (χ2v) is 8.85. The number of ether oxygens (including phenoxy) is 1. The lowest BCUT2D eigenvalue weighted by atomic mass is 9.85. The zero-order valence-electron chi connectivity index (χ0n) is 17.1. The third-order valence-corrected chi connectivity index (χ3v) is 7.00. The standard InChI is InChI=1S/C22H37ClO5/c1-2-3-5-15(13-23)6-4-7-16-8-11-21-18(16)12-17(28-21)9-10-19(25)22(27)20(26)14-24/h15-18,21,24-25,27H,2-14H2,1H3/t15-,16-,17?,18+,21-/m0/s1. The van der Waals surface area contributed by atoms with Gasteiger partial charge in [0.25, 0.3) is 0 Å². The van der Waals surface area contributed by atoms with E-state index in [0.717, 1.165) is 18.7 Å². The topological polar surface area (TPSA) is 87.0 Å². The minimum absolute atomic E-state index is 0.0668. The van der Waals surface area contributed by atoms with Gasteiger partial charge in [0.05, 0.1) is 12.2 Å². The molecule has 162 valence electrons. The first-order valence-corrected chi connectivity index (χ1v) is 11.5. The molecule has 5 atom stereocenters. The molecule has 0 radical (unpaired) electrons. The van der Waals surface area contributed by atoms with Gasteiger partial charge in [0.2, 0.25) is 5.78 Å². The van der Waals surface area contributed by atoms with Crippen molar-refractivity contribution in [1.29, 1.82) is 0 Å². The van der Waals surface area contributed by atoms with Crippen molar-refractivity contribution in [3.63, 3.8) is 0 Å². The van der Waals surface area contributed by atoms with Crippen molar-refractivity contribution in [2.45, 2.75) is 89.8 Å². The highest BCUT2D eigenvalue weighted by Crippen LogP contribution is 2.46. The molecule has 1 heterocycles. The number of allylic oxidation sites excluding steroid dienone is 1. The van der Waals surface area contributed by atoms with Gasteiger partial charge in [-0.05, 0) is 56.3 Å². The summed E-state index contributed by atoms with van der Waals surface area (Å²) in [6.45, 7) is 1.42. The highest BCUT2D eigenvalue weighted by Gasteiger charge is 2.43. The number of hydrogen-bond donors (Lipinski definition) is 3. The van der Waals surface area contributed by atoms with E-state index in [2.05, 4.69) is 6.92 Å². The SMILES string of the molecule is CCCC[C@H](CCl)CCC[C@H]1CC[C@@H]2OC(CCC(O)=C(O)C(=O)CO)C[C@H]12. The fourth-order valence-electron chi connectivity index (χ4n) is 4.89. The minimum atomic E-state index is -0.851. The maximum absolute atomic E-state index is 11.2. The molecular formula is C22H37ClO5. The summed E-state index contributed by atoms with van der Waals surface area (Å²) in [5, 5.41) is 28.1. The lowest BCUT2D eigenvalue weighted by molar-refractivity contribution is -0.120. The van der Waals surface area contributed by atoms with Gasteiger partial charge < -0.3 is 20.1 Å². The van der Waals surface area contributed by atoms with Crippen LogP contribution in [0.1, 0.15) is 77.6 Å². The Kier molecular flexibility index (Phi) is 10.1. The van der Waals surface area contributed by atoms with Crippen LogP contribution in [-0.4, -0.2) is 45.8 Å². The molecule has 3 N–H and O–H groups in total. The minimum Gasteiger partial charge on any atom is -0.508 e. The summed E-state index contributed by atoms with van der Waals surface area (Å²) in [6.07, 6.45) is 11.9. The third-order valence-electron chi connectivity index (χ3n) is 6.56. The Morgan fingerprint density at radius 2 is 1.93 bits per heavy atom. The van der Waals surface area contributed by atoms with Crippen molar-refractivity contribution in [3.05, 3.63) is 11.5 Å². The third kappa shape index (κ3) is 6.64. The number of halogens is 1. The monoisotopic (exact) mass is 416 g/mol. The van der Waals surface area contributed by atoms with Gasteiger partial charge in [-0.3, -0.25) is 4.79 Å². The van der Waals surface area contributed by atoms with Gasteiger partial charge in [0.1, 0.15) is 12.4 Å². The van der Waals surface area contributed by atoms with Gasteiger partial charge in [-0.1, -0.05) is 32.6 Å². The first-order valence-electron chi connectivity index (χ1n) is 11.0. The largest absolute Gasteiger partial charge is 0.508 e. The smallest absolute Gasteiger partial charge is 0.225 e. The summed E-state index contributed by atoms with van der Waals surface area (Å²) in [6, 6.07) is 0. The molecule has 1 aliphatic heterocycles. The summed E-state index contributed by atoms with van der Waals surface area (Å²) in [5.41, 5.74) is 0. The van der Waals surface area contributed by atoms with Crippen LogP contribution >= 0.6 is 11.6 Å². The molecule has 6 heteroatoms. The Balaban J connectivity index is 1.73. The van der Waals surface area contributed by atoms with Gasteiger partial charge in [-0.15, -0.1) is 11.6 Å². The van der Waals surface area contributed by atoms with Crippen molar-refractivity contribution in [2.75, 3.05) is 12.5 Å². The van der Waals surface area contributed by atoms with E-state index in [0.29, 0.717) is 30.3 Å². The van der Waals surface area contributed by atoms with Gasteiger partial charge in [-0.25, -0.2) is 0 Å². The van der Waals surface area contributed by atoms with E-state index in [4.69, 9.17) is 21.4 Å². The summed E-state index contributed by atoms with van der Waals surface area (Å²) in [5.74, 6) is 0.793. The normalized spacial score (nSPS) is 28.8. The molecule has 5 nitrogen and oxygen atoms in total. The highest BCUT2D eigenvalue weighted by molar-refractivity contribution is 6.18. The van der Waals surface area contributed by atoms with Gasteiger partial charge in [-0.2, -0.15) is 0 Å². The maximum atomic E-state index is 11.2. The number of Topliss-reactive ketones (excluding diaryl/α,β-unsaturated/α-hetero) is 1. The molecule has 28 heavy (non-hydrogen) atoms. The number of unbranched alkanes of at least 4 members (excludes halogenated alkanes) is 1. The number of fused-ring (bicyclic) bond motifs is 1. The quantitative estimate of drug-likeness (QED) is 0.222. The zero-order valence-corrected chi connectivity index (χ0v) is 17.9. The van der Waals surface area contributed by atoms with Crippen molar-refractivity contribution in [3.8, 4) is 0 Å². The van der Waals surface area contributed by atoms with E-state index in [1.807, 2.05) is 0 Å². The van der Waals surface area contributed by atoms with Crippen LogP contribution in [0, 0.1) is 17.8 Å². The van der Waals surface area contributed by atoms with E-state index in [1.54, 1.807) is 0 Å². The Hall–Kier alpha value is -0.780. The summed E-state index contributed by atoms with van der Waals surface area (Å²) in [4.78, 5) is 11.2. The van der Waals surface area contributed by atoms with E-state index in [9.17, 15) is 15.0 Å². The second kappa shape index (κ2) is 12.0. The van der Waals surface area contributed by atoms with E-state index < -0.39 is 18.1 Å². The molecule has 1 aliphatic carbocycles. The van der Waals surface area contributed by atoms with E-state index >= 15 is 0 Å². The van der Waals surface area contributed by atoms with Crippen LogP contribution in [0.5, 0.6) is 0 Å². The molecule has 1 saturated heterocycles. The summed E-state index contributed by atoms with van der Waals surface area (Å²) in [7, 11) is 0. The van der Waals surface area contributed by atoms with Crippen LogP contribution in [0.4, 0.5) is 0 Å². The Morgan fingerprint density at radius 3 is 2.61 bits per heavy atom. The van der Waals surface area contributed by atoms with Crippen LogP contribution in [0.2, 0.25) is 0 Å². The number of rotatable bonds is 13. The highest BCUT2D eigenvalue weighted by atomic mass is 35.5. The molecule has 1 unspecified atom stereocenters. The van der Waals surface area contributed by atoms with Gasteiger partial charge >= 0.3 is 0 Å². The number of alkyl halides is 1. The predicted molar refractivity (Wildman–Crippen MR) is 111 cm³/mol. The second-order valence-electron chi connectivity index (χ2n) is 8.54. The number of aliphatic hydroxyl groups excluding tert-OH is 3. The summed E-state index contributed by atoms with van der Waals surface area (Å²) >= 11 is 6.12. The number of hydrogen-bond acceptors (Lipinski definition) is 5. The molecule has 2 rings (SSSR count). The molecule has 1 saturated carbocycles. The Bertz CT molecular complexity index is 521. The molecule has 0 spiro atoms. The van der Waals surface area contributed by atoms with Crippen molar-refractivity contribution in [1.82, 2.24) is 0 Å². The molecule has 0 aromatic carbocycles. The van der Waals surface area contributed by atoms with Crippen molar-refractivity contribution >= 4 is 17.4 Å². The summed E-state index contributed by atoms with van der Waals surface area (Å²) < 4.78 is 6.16. The number of carbonyl (C=O) groups is 1.